The van der Waals surface area contributed by atoms with Crippen LogP contribution in [-0.4, -0.2) is 54.3 Å². The van der Waals surface area contributed by atoms with Crippen molar-refractivity contribution < 1.29 is 13.2 Å². The molecular formula is C18H19N3O3S2. The minimum Gasteiger partial charge on any atom is -0.340 e. The molecule has 1 amide bonds. The van der Waals surface area contributed by atoms with Gasteiger partial charge in [-0.15, -0.1) is 11.3 Å². The molecule has 26 heavy (non-hydrogen) atoms. The number of rotatable bonds is 3. The highest BCUT2D eigenvalue weighted by Crippen LogP contribution is 2.23. The fourth-order valence-electron chi connectivity index (χ4n) is 3.33. The van der Waals surface area contributed by atoms with Gasteiger partial charge in [0.15, 0.2) is 0 Å². The van der Waals surface area contributed by atoms with Crippen molar-refractivity contribution in [2.45, 2.75) is 4.21 Å². The molecule has 1 fully saturated rings. The summed E-state index contributed by atoms with van der Waals surface area (Å²) < 4.78 is 28.9. The number of piperazine rings is 1. The standard InChI is InChI=1S/C18H19N3O3S2/c1-19-15-6-3-2-5-14(15)13-16(19)18(22)20-8-10-21(11-9-20)26(23,24)17-7-4-12-25-17/h2-7,12-13H,8-11H2,1H3. The molecule has 4 rings (SSSR count). The maximum atomic E-state index is 12.9. The predicted octanol–water partition coefficient (Wildman–Crippen LogP) is 2.39. The lowest BCUT2D eigenvalue weighted by Gasteiger charge is -2.33. The van der Waals surface area contributed by atoms with Gasteiger partial charge in [-0.25, -0.2) is 8.42 Å². The zero-order valence-electron chi connectivity index (χ0n) is 14.3. The zero-order chi connectivity index (χ0) is 18.3. The second-order valence-corrected chi connectivity index (χ2v) is 9.39. The Kier molecular flexibility index (Phi) is 4.34. The van der Waals surface area contributed by atoms with Crippen molar-refractivity contribution in [3.8, 4) is 0 Å². The van der Waals surface area contributed by atoms with Crippen LogP contribution in [0, 0.1) is 0 Å². The van der Waals surface area contributed by atoms with E-state index >= 15 is 0 Å². The number of aromatic nitrogens is 1. The van der Waals surface area contributed by atoms with Crippen molar-refractivity contribution in [1.82, 2.24) is 13.8 Å². The monoisotopic (exact) mass is 389 g/mol. The third-order valence-electron chi connectivity index (χ3n) is 4.79. The molecule has 1 aliphatic heterocycles. The van der Waals surface area contributed by atoms with Gasteiger partial charge in [0.1, 0.15) is 9.90 Å². The van der Waals surface area contributed by atoms with Crippen molar-refractivity contribution in [2.75, 3.05) is 26.2 Å². The number of hydrogen-bond acceptors (Lipinski definition) is 4. The van der Waals surface area contributed by atoms with Crippen molar-refractivity contribution in [1.29, 1.82) is 0 Å². The first-order valence-corrected chi connectivity index (χ1v) is 10.7. The summed E-state index contributed by atoms with van der Waals surface area (Å²) in [7, 11) is -1.57. The summed E-state index contributed by atoms with van der Waals surface area (Å²) in [6.45, 7) is 1.42. The first kappa shape index (κ1) is 17.3. The van der Waals surface area contributed by atoms with E-state index in [4.69, 9.17) is 0 Å². The quantitative estimate of drug-likeness (QED) is 0.691. The molecule has 1 saturated heterocycles. The van der Waals surface area contributed by atoms with Crippen molar-refractivity contribution in [3.05, 3.63) is 53.5 Å². The van der Waals surface area contributed by atoms with Crippen molar-refractivity contribution in [3.63, 3.8) is 0 Å². The van der Waals surface area contributed by atoms with E-state index in [1.165, 1.54) is 15.6 Å². The van der Waals surface area contributed by atoms with E-state index in [-0.39, 0.29) is 5.91 Å². The second kappa shape index (κ2) is 6.53. The van der Waals surface area contributed by atoms with Crippen LogP contribution in [0.5, 0.6) is 0 Å². The van der Waals surface area contributed by atoms with E-state index in [0.717, 1.165) is 10.9 Å². The highest BCUT2D eigenvalue weighted by molar-refractivity contribution is 7.91. The van der Waals surface area contributed by atoms with Gasteiger partial charge in [0.25, 0.3) is 15.9 Å². The van der Waals surface area contributed by atoms with Crippen LogP contribution < -0.4 is 0 Å². The molecule has 3 aromatic rings. The maximum Gasteiger partial charge on any atom is 0.270 e. The normalized spacial score (nSPS) is 16.3. The van der Waals surface area contributed by atoms with E-state index < -0.39 is 10.0 Å². The van der Waals surface area contributed by atoms with Crippen LogP contribution in [0.4, 0.5) is 0 Å². The smallest absolute Gasteiger partial charge is 0.270 e. The molecule has 3 heterocycles. The fourth-order valence-corrected chi connectivity index (χ4v) is 5.89. The van der Waals surface area contributed by atoms with Gasteiger partial charge in [-0.05, 0) is 23.6 Å². The van der Waals surface area contributed by atoms with Gasteiger partial charge in [-0.2, -0.15) is 4.31 Å². The zero-order valence-corrected chi connectivity index (χ0v) is 16.0. The Morgan fingerprint density at radius 2 is 1.77 bits per heavy atom. The Morgan fingerprint density at radius 1 is 1.04 bits per heavy atom. The summed E-state index contributed by atoms with van der Waals surface area (Å²) in [5.74, 6) is -0.0585. The molecular weight excluding hydrogens is 370 g/mol. The molecule has 0 aliphatic carbocycles. The number of sulfonamides is 1. The van der Waals surface area contributed by atoms with Gasteiger partial charge in [-0.3, -0.25) is 4.79 Å². The van der Waals surface area contributed by atoms with E-state index in [2.05, 4.69) is 0 Å². The third kappa shape index (κ3) is 2.84. The molecule has 2 aromatic heterocycles. The second-order valence-electron chi connectivity index (χ2n) is 6.28. The molecule has 0 bridgehead atoms. The number of amides is 1. The molecule has 0 spiro atoms. The number of thiophene rings is 1. The number of hydrogen-bond donors (Lipinski definition) is 0. The largest absolute Gasteiger partial charge is 0.340 e. The summed E-state index contributed by atoms with van der Waals surface area (Å²) in [6, 6.07) is 13.1. The van der Waals surface area contributed by atoms with Crippen LogP contribution >= 0.6 is 11.3 Å². The molecule has 0 unspecified atom stereocenters. The molecule has 0 N–H and O–H groups in total. The lowest BCUT2D eigenvalue weighted by Crippen LogP contribution is -2.50. The molecule has 8 heteroatoms. The highest BCUT2D eigenvalue weighted by Gasteiger charge is 2.31. The van der Waals surface area contributed by atoms with E-state index in [9.17, 15) is 13.2 Å². The number of nitrogens with zero attached hydrogens (tertiary/aromatic N) is 3. The summed E-state index contributed by atoms with van der Waals surface area (Å²) >= 11 is 1.22. The minimum absolute atomic E-state index is 0.0585. The number of fused-ring (bicyclic) bond motifs is 1. The fraction of sp³-hybridized carbons (Fsp3) is 0.278. The number of benzene rings is 1. The van der Waals surface area contributed by atoms with Crippen LogP contribution in [0.15, 0.2) is 52.1 Å². The topological polar surface area (TPSA) is 62.6 Å². The van der Waals surface area contributed by atoms with Crippen LogP contribution in [0.3, 0.4) is 0 Å². The number of aryl methyl sites for hydroxylation is 1. The molecule has 136 valence electrons. The summed E-state index contributed by atoms with van der Waals surface area (Å²) in [4.78, 5) is 14.6. The van der Waals surface area contributed by atoms with Crippen molar-refractivity contribution in [2.24, 2.45) is 7.05 Å². The van der Waals surface area contributed by atoms with Gasteiger partial charge >= 0.3 is 0 Å². The Hall–Kier alpha value is -2.16. The van der Waals surface area contributed by atoms with Gasteiger partial charge in [0, 0.05) is 44.1 Å². The molecule has 1 aliphatic rings. The highest BCUT2D eigenvalue weighted by atomic mass is 32.2. The average Bonchev–Trinajstić information content (AvgIpc) is 3.31. The van der Waals surface area contributed by atoms with Crippen LogP contribution in [0.1, 0.15) is 10.5 Å². The maximum absolute atomic E-state index is 12.9. The molecule has 6 nitrogen and oxygen atoms in total. The number of para-hydroxylation sites is 1. The van der Waals surface area contributed by atoms with Gasteiger partial charge in [0.2, 0.25) is 0 Å². The molecule has 0 atom stereocenters. The Morgan fingerprint density at radius 3 is 2.42 bits per heavy atom. The van der Waals surface area contributed by atoms with Crippen molar-refractivity contribution >= 4 is 38.2 Å². The van der Waals surface area contributed by atoms with Gasteiger partial charge in [-0.1, -0.05) is 24.3 Å². The average molecular weight is 390 g/mol. The SMILES string of the molecule is Cn1c(C(=O)N2CCN(S(=O)(=O)c3cccs3)CC2)cc2ccccc21. The molecule has 1 aromatic carbocycles. The van der Waals surface area contributed by atoms with E-state index in [1.807, 2.05) is 41.9 Å². The Labute approximate surface area is 156 Å². The first-order chi connectivity index (χ1) is 12.5. The number of carbonyl (C=O) groups excluding carboxylic acids is 1. The Bertz CT molecular complexity index is 1050. The number of carbonyl (C=O) groups is 1. The summed E-state index contributed by atoms with van der Waals surface area (Å²) in [5.41, 5.74) is 1.63. The Balaban J connectivity index is 1.51. The predicted molar refractivity (Wildman–Crippen MR) is 102 cm³/mol. The lowest BCUT2D eigenvalue weighted by molar-refractivity contribution is 0.0689. The third-order valence-corrected chi connectivity index (χ3v) is 8.06. The van der Waals surface area contributed by atoms with E-state index in [0.29, 0.717) is 36.1 Å². The van der Waals surface area contributed by atoms with Gasteiger partial charge < -0.3 is 9.47 Å². The molecule has 0 radical (unpaired) electrons. The van der Waals surface area contributed by atoms with E-state index in [1.54, 1.807) is 22.4 Å². The first-order valence-electron chi connectivity index (χ1n) is 8.36. The minimum atomic E-state index is -3.45. The summed E-state index contributed by atoms with van der Waals surface area (Å²) in [6.07, 6.45) is 0. The van der Waals surface area contributed by atoms with Crippen LogP contribution in [-0.2, 0) is 17.1 Å². The summed E-state index contributed by atoms with van der Waals surface area (Å²) in [5, 5.41) is 2.78. The lowest BCUT2D eigenvalue weighted by atomic mass is 10.2. The molecule has 0 saturated carbocycles. The van der Waals surface area contributed by atoms with Crippen LogP contribution in [0.25, 0.3) is 10.9 Å². The van der Waals surface area contributed by atoms with Crippen LogP contribution in [0.2, 0.25) is 0 Å². The van der Waals surface area contributed by atoms with Gasteiger partial charge in [0.05, 0.1) is 0 Å².